The lowest BCUT2D eigenvalue weighted by Crippen LogP contribution is -2.19. The monoisotopic (exact) mass is 826 g/mol. The number of fused-ring (bicyclic) bond motifs is 1. The quantitative estimate of drug-likeness (QED) is 0.182. The van der Waals surface area contributed by atoms with Crippen molar-refractivity contribution >= 4 is 11.0 Å². The molecule has 0 unspecified atom stereocenters. The summed E-state index contributed by atoms with van der Waals surface area (Å²) in [5.41, 5.74) is 8.07. The molecule has 8 rings (SSSR count). The lowest BCUT2D eigenvalue weighted by Gasteiger charge is -2.29. The molecule has 4 heteroatoms. The van der Waals surface area contributed by atoms with Crippen molar-refractivity contribution in [2.45, 2.75) is 105 Å². The Morgan fingerprint density at radius 1 is 0.500 bits per heavy atom. The van der Waals surface area contributed by atoms with Gasteiger partial charge in [-0.1, -0.05) is 174 Å². The third-order valence-electron chi connectivity index (χ3n) is 11.5. The fraction of sp³-hybridized carbons (Fsp3) is 0.276. The van der Waals surface area contributed by atoms with Crippen LogP contribution in [0.3, 0.4) is 0 Å². The third-order valence-corrected chi connectivity index (χ3v) is 11.5. The Morgan fingerprint density at radius 2 is 1.08 bits per heavy atom. The van der Waals surface area contributed by atoms with Gasteiger partial charge in [0.05, 0.1) is 41.7 Å². The first-order valence-corrected chi connectivity index (χ1v) is 21.1. The van der Waals surface area contributed by atoms with Crippen LogP contribution in [0.25, 0.3) is 72.7 Å². The summed E-state index contributed by atoms with van der Waals surface area (Å²) in [7, 11) is 0. The molecule has 2 heterocycles. The fourth-order valence-corrected chi connectivity index (χ4v) is 7.97. The van der Waals surface area contributed by atoms with E-state index in [4.69, 9.17) is 23.7 Å². The number of aromatic hydroxyl groups is 1. The van der Waals surface area contributed by atoms with Gasteiger partial charge in [-0.15, -0.1) is 0 Å². The van der Waals surface area contributed by atoms with Crippen LogP contribution in [0.1, 0.15) is 119 Å². The second-order valence-corrected chi connectivity index (χ2v) is 20.3. The maximum Gasteiger partial charge on any atom is 0.149 e. The van der Waals surface area contributed by atoms with Crippen molar-refractivity contribution in [2.75, 3.05) is 0 Å². The number of rotatable bonds is 6. The molecule has 314 valence electrons. The SMILES string of the molecule is [2H]c1c([2H])c([2H])c(-c2cc(-c3cc(-c4c([2H])c([2H])c([2H])c([2H])c4[2H])ccn3)cc(-c3cccc4c3nc(-c3cc(C(C)(C)C)cc(C(C)(C)C)c3O)n4-c3ccc(C(C)(C)C)cc3C(C)(C)C)c2)c([2H])c1[2H]. The molecule has 0 fully saturated rings. The lowest BCUT2D eigenvalue weighted by molar-refractivity contribution is 0.446. The Morgan fingerprint density at radius 3 is 1.69 bits per heavy atom. The Balaban J connectivity index is 1.51. The summed E-state index contributed by atoms with van der Waals surface area (Å²) in [5.74, 6) is 0.628. The number of para-hydroxylation sites is 1. The van der Waals surface area contributed by atoms with Crippen molar-refractivity contribution in [1.29, 1.82) is 0 Å². The minimum absolute atomic E-state index is 0.00644. The highest BCUT2D eigenvalue weighted by atomic mass is 16.3. The number of imidazole rings is 1. The van der Waals surface area contributed by atoms with Crippen LogP contribution >= 0.6 is 0 Å². The predicted molar refractivity (Wildman–Crippen MR) is 263 cm³/mol. The highest BCUT2D eigenvalue weighted by Crippen LogP contribution is 2.46. The van der Waals surface area contributed by atoms with Crippen molar-refractivity contribution in [3.05, 3.63) is 168 Å². The van der Waals surface area contributed by atoms with Gasteiger partial charge in [-0.2, -0.15) is 0 Å². The Hall–Kier alpha value is -6.26. The number of nitrogens with zero attached hydrogens (tertiary/aromatic N) is 3. The third kappa shape index (κ3) is 8.23. The molecule has 4 nitrogen and oxygen atoms in total. The molecule has 0 amide bonds. The number of aromatic nitrogens is 3. The second kappa shape index (κ2) is 15.6. The minimum atomic E-state index is -0.528. The van der Waals surface area contributed by atoms with Gasteiger partial charge in [-0.3, -0.25) is 9.55 Å². The molecule has 0 atom stereocenters. The molecule has 1 N–H and O–H groups in total. The first kappa shape index (κ1) is 31.6. The van der Waals surface area contributed by atoms with Crippen LogP contribution in [-0.2, 0) is 21.7 Å². The maximum atomic E-state index is 12.6. The van der Waals surface area contributed by atoms with E-state index in [1.54, 1.807) is 24.3 Å². The number of benzene rings is 6. The van der Waals surface area contributed by atoms with Crippen molar-refractivity contribution in [3.8, 4) is 67.5 Å². The Labute approximate surface area is 383 Å². The Bertz CT molecular complexity index is 3470. The van der Waals surface area contributed by atoms with E-state index < -0.39 is 53.8 Å². The van der Waals surface area contributed by atoms with Gasteiger partial charge in [-0.25, -0.2) is 4.98 Å². The number of phenolic OH excluding ortho intramolecular Hbond substituents is 1. The number of phenols is 1. The normalized spacial score (nSPS) is 14.8. The highest BCUT2D eigenvalue weighted by molar-refractivity contribution is 5.98. The Kier molecular flexibility index (Phi) is 7.93. The summed E-state index contributed by atoms with van der Waals surface area (Å²) in [4.78, 5) is 10.3. The second-order valence-electron chi connectivity index (χ2n) is 20.3. The van der Waals surface area contributed by atoms with Gasteiger partial charge >= 0.3 is 0 Å². The average molecular weight is 826 g/mol. The molecule has 0 radical (unpaired) electrons. The van der Waals surface area contributed by atoms with Crippen LogP contribution in [0.4, 0.5) is 0 Å². The van der Waals surface area contributed by atoms with Gasteiger partial charge in [0.1, 0.15) is 11.6 Å². The maximum absolute atomic E-state index is 12.6. The first-order chi connectivity index (χ1) is 33.3. The molecule has 2 aromatic heterocycles. The average Bonchev–Trinajstić information content (AvgIpc) is 3.69. The highest BCUT2D eigenvalue weighted by Gasteiger charge is 2.31. The van der Waals surface area contributed by atoms with Crippen LogP contribution in [0.5, 0.6) is 5.75 Å². The number of pyridine rings is 1. The van der Waals surface area contributed by atoms with Gasteiger partial charge in [0.25, 0.3) is 0 Å². The van der Waals surface area contributed by atoms with E-state index in [0.29, 0.717) is 50.4 Å². The van der Waals surface area contributed by atoms with Gasteiger partial charge in [-0.05, 0) is 115 Å². The predicted octanol–water partition coefficient (Wildman–Crippen LogP) is 15.7. The number of hydrogen-bond donors (Lipinski definition) is 1. The van der Waals surface area contributed by atoms with E-state index in [1.165, 1.54) is 6.20 Å². The molecule has 0 aliphatic carbocycles. The zero-order chi connectivity index (χ0) is 53.1. The molecule has 8 aromatic rings. The molecule has 0 aliphatic rings. The fourth-order valence-electron chi connectivity index (χ4n) is 7.97. The molecule has 0 saturated carbocycles. The van der Waals surface area contributed by atoms with Gasteiger partial charge in [0, 0.05) is 22.9 Å². The van der Waals surface area contributed by atoms with Gasteiger partial charge in [0.15, 0.2) is 0 Å². The molecule has 0 bridgehead atoms. The summed E-state index contributed by atoms with van der Waals surface area (Å²) >= 11 is 0. The van der Waals surface area contributed by atoms with E-state index in [1.807, 2.05) is 30.3 Å². The summed E-state index contributed by atoms with van der Waals surface area (Å²) in [6.07, 6.45) is 1.48. The zero-order valence-corrected chi connectivity index (χ0v) is 37.9. The van der Waals surface area contributed by atoms with Crippen LogP contribution in [-0.4, -0.2) is 19.6 Å². The zero-order valence-electron chi connectivity index (χ0n) is 47.9. The topological polar surface area (TPSA) is 50.9 Å². The minimum Gasteiger partial charge on any atom is -0.507 e. The standard InChI is InChI=1S/C58H61N3O/c1-55(2,3)43-26-27-50(47(35-43)57(7,8)9)61-51-25-19-24-45(52(51)60-54(61)46-34-44(56(4,5)6)36-48(53(46)62)58(10,11)12)41-30-40(38-22-17-14-18-23-38)31-42(32-41)49-33-39(28-29-59-49)37-20-15-13-16-21-37/h13-36,62H,1-12H3/i13D,14D,15D,16D,17D,18D,20D,21D,22D,23D. The summed E-state index contributed by atoms with van der Waals surface area (Å²) in [6, 6.07) is 20.5. The van der Waals surface area contributed by atoms with E-state index in [9.17, 15) is 5.11 Å². The first-order valence-electron chi connectivity index (χ1n) is 26.1. The van der Waals surface area contributed by atoms with E-state index in [-0.39, 0.29) is 45.2 Å². The van der Waals surface area contributed by atoms with Crippen molar-refractivity contribution < 1.29 is 18.8 Å². The van der Waals surface area contributed by atoms with Crippen molar-refractivity contribution in [1.82, 2.24) is 14.5 Å². The molecule has 62 heavy (non-hydrogen) atoms. The molecule has 0 aliphatic heterocycles. The van der Waals surface area contributed by atoms with Crippen LogP contribution in [0, 0.1) is 0 Å². The van der Waals surface area contributed by atoms with E-state index in [0.717, 1.165) is 33.5 Å². The smallest absolute Gasteiger partial charge is 0.149 e. The van der Waals surface area contributed by atoms with E-state index >= 15 is 0 Å². The van der Waals surface area contributed by atoms with Crippen LogP contribution in [0.2, 0.25) is 0 Å². The van der Waals surface area contributed by atoms with E-state index in [2.05, 4.69) is 112 Å². The van der Waals surface area contributed by atoms with Gasteiger partial charge in [0.2, 0.25) is 0 Å². The molecule has 6 aromatic carbocycles. The van der Waals surface area contributed by atoms with Gasteiger partial charge < -0.3 is 5.11 Å². The number of hydrogen-bond acceptors (Lipinski definition) is 3. The molecule has 0 saturated heterocycles. The molecular formula is C58H61N3O. The summed E-state index contributed by atoms with van der Waals surface area (Å²) in [6.45, 7) is 25.8. The molecule has 0 spiro atoms. The summed E-state index contributed by atoms with van der Waals surface area (Å²) < 4.78 is 88.3. The largest absolute Gasteiger partial charge is 0.507 e. The lowest BCUT2D eigenvalue weighted by atomic mass is 9.78. The van der Waals surface area contributed by atoms with Crippen molar-refractivity contribution in [2.24, 2.45) is 0 Å². The van der Waals surface area contributed by atoms with Crippen molar-refractivity contribution in [3.63, 3.8) is 0 Å². The van der Waals surface area contributed by atoms with Crippen LogP contribution < -0.4 is 0 Å². The molecular weight excluding hydrogens is 755 g/mol. The summed E-state index contributed by atoms with van der Waals surface area (Å²) in [5, 5.41) is 12.6. The van der Waals surface area contributed by atoms with Crippen LogP contribution in [0.15, 0.2) is 145 Å².